The largest absolute Gasteiger partial charge is 0.497 e. The van der Waals surface area contributed by atoms with Crippen LogP contribution in [0.4, 0.5) is 0 Å². The number of likely N-dealkylation sites (tertiary alicyclic amines) is 1. The zero-order valence-electron chi connectivity index (χ0n) is 12.5. The maximum Gasteiger partial charge on any atom is 0.310 e. The molecule has 0 N–H and O–H groups in total. The molecule has 0 aromatic heterocycles. The molecular formula is C16H21NO4. The van der Waals surface area contributed by atoms with Crippen LogP contribution in [0.25, 0.3) is 0 Å². The molecule has 0 bridgehead atoms. The van der Waals surface area contributed by atoms with Crippen LogP contribution >= 0.6 is 0 Å². The van der Waals surface area contributed by atoms with Gasteiger partial charge >= 0.3 is 5.97 Å². The van der Waals surface area contributed by atoms with Gasteiger partial charge in [0, 0.05) is 13.1 Å². The fraction of sp³-hybridized carbons (Fsp3) is 0.500. The minimum atomic E-state index is -0.228. The number of esters is 1. The average Bonchev–Trinajstić information content (AvgIpc) is 2.54. The monoisotopic (exact) mass is 291 g/mol. The fourth-order valence-corrected chi connectivity index (χ4v) is 2.63. The Kier molecular flexibility index (Phi) is 5.20. The Morgan fingerprint density at radius 2 is 2.14 bits per heavy atom. The number of ether oxygens (including phenoxy) is 2. The van der Waals surface area contributed by atoms with Crippen LogP contribution in [0.2, 0.25) is 0 Å². The molecule has 1 aliphatic heterocycles. The molecule has 1 fully saturated rings. The number of piperidine rings is 1. The molecule has 0 spiro atoms. The van der Waals surface area contributed by atoms with Gasteiger partial charge in [-0.2, -0.15) is 0 Å². The van der Waals surface area contributed by atoms with Crippen molar-refractivity contribution < 1.29 is 19.1 Å². The molecule has 1 unspecified atom stereocenters. The van der Waals surface area contributed by atoms with Gasteiger partial charge in [-0.1, -0.05) is 12.1 Å². The molecule has 1 saturated heterocycles. The molecule has 1 atom stereocenters. The maximum absolute atomic E-state index is 12.4. The van der Waals surface area contributed by atoms with E-state index in [0.29, 0.717) is 19.5 Å². The van der Waals surface area contributed by atoms with Crippen LogP contribution in [0, 0.1) is 5.92 Å². The van der Waals surface area contributed by atoms with E-state index in [2.05, 4.69) is 0 Å². The van der Waals surface area contributed by atoms with Gasteiger partial charge < -0.3 is 14.4 Å². The minimum Gasteiger partial charge on any atom is -0.497 e. The highest BCUT2D eigenvalue weighted by molar-refractivity contribution is 5.80. The predicted octanol–water partition coefficient (Wildman–Crippen LogP) is 1.65. The minimum absolute atomic E-state index is 0.0388. The topological polar surface area (TPSA) is 55.8 Å². The van der Waals surface area contributed by atoms with E-state index in [1.54, 1.807) is 12.0 Å². The van der Waals surface area contributed by atoms with Gasteiger partial charge in [-0.05, 0) is 30.5 Å². The van der Waals surface area contributed by atoms with Crippen molar-refractivity contribution >= 4 is 11.9 Å². The van der Waals surface area contributed by atoms with Crippen LogP contribution in [-0.4, -0.2) is 44.1 Å². The van der Waals surface area contributed by atoms with Crippen molar-refractivity contribution in [2.75, 3.05) is 27.3 Å². The Hall–Kier alpha value is -2.04. The quantitative estimate of drug-likeness (QED) is 0.792. The van der Waals surface area contributed by atoms with E-state index in [0.717, 1.165) is 24.2 Å². The maximum atomic E-state index is 12.4. The van der Waals surface area contributed by atoms with E-state index in [4.69, 9.17) is 9.47 Å². The van der Waals surface area contributed by atoms with Crippen molar-refractivity contribution in [1.29, 1.82) is 0 Å². The molecule has 114 valence electrons. The van der Waals surface area contributed by atoms with Crippen molar-refractivity contribution in [3.8, 4) is 5.75 Å². The van der Waals surface area contributed by atoms with E-state index in [1.807, 2.05) is 24.3 Å². The first-order valence-corrected chi connectivity index (χ1v) is 7.12. The van der Waals surface area contributed by atoms with Gasteiger partial charge in [0.15, 0.2) is 0 Å². The Morgan fingerprint density at radius 3 is 2.86 bits per heavy atom. The number of benzene rings is 1. The normalized spacial score (nSPS) is 18.2. The van der Waals surface area contributed by atoms with Crippen LogP contribution in [0.3, 0.4) is 0 Å². The van der Waals surface area contributed by atoms with E-state index in [-0.39, 0.29) is 17.8 Å². The van der Waals surface area contributed by atoms with Gasteiger partial charge in [0.2, 0.25) is 5.91 Å². The lowest BCUT2D eigenvalue weighted by atomic mass is 9.97. The van der Waals surface area contributed by atoms with Gasteiger partial charge in [0.1, 0.15) is 5.75 Å². The van der Waals surface area contributed by atoms with Crippen molar-refractivity contribution in [3.63, 3.8) is 0 Å². The summed E-state index contributed by atoms with van der Waals surface area (Å²) in [5, 5.41) is 0. The van der Waals surface area contributed by atoms with Crippen LogP contribution in [0.1, 0.15) is 18.4 Å². The molecule has 1 aliphatic rings. The van der Waals surface area contributed by atoms with Crippen LogP contribution in [-0.2, 0) is 20.7 Å². The number of rotatable bonds is 4. The summed E-state index contributed by atoms with van der Waals surface area (Å²) in [5.41, 5.74) is 0.916. The first-order valence-electron chi connectivity index (χ1n) is 7.12. The summed E-state index contributed by atoms with van der Waals surface area (Å²) in [6.07, 6.45) is 1.95. The third-order valence-electron chi connectivity index (χ3n) is 3.80. The van der Waals surface area contributed by atoms with Crippen molar-refractivity contribution in [3.05, 3.63) is 29.8 Å². The molecule has 0 radical (unpaired) electrons. The molecule has 0 saturated carbocycles. The standard InChI is InChI=1S/C16H21NO4/c1-20-14-7-3-5-12(9-14)10-15(18)17-8-4-6-13(11-17)16(19)21-2/h3,5,7,9,13H,4,6,8,10-11H2,1-2H3. The second-order valence-corrected chi connectivity index (χ2v) is 5.23. The number of carbonyl (C=O) groups is 2. The Balaban J connectivity index is 1.97. The highest BCUT2D eigenvalue weighted by Crippen LogP contribution is 2.19. The molecule has 2 rings (SSSR count). The van der Waals surface area contributed by atoms with Crippen LogP contribution in [0.5, 0.6) is 5.75 Å². The van der Waals surface area contributed by atoms with Gasteiger partial charge in [0.25, 0.3) is 0 Å². The van der Waals surface area contributed by atoms with Gasteiger partial charge in [0.05, 0.1) is 26.6 Å². The second kappa shape index (κ2) is 7.11. The Bertz CT molecular complexity index is 515. The summed E-state index contributed by atoms with van der Waals surface area (Å²) in [6.45, 7) is 1.16. The molecule has 1 heterocycles. The van der Waals surface area contributed by atoms with Crippen LogP contribution in [0.15, 0.2) is 24.3 Å². The Morgan fingerprint density at radius 1 is 1.33 bits per heavy atom. The molecular weight excluding hydrogens is 270 g/mol. The van der Waals surface area contributed by atoms with Gasteiger partial charge in [-0.3, -0.25) is 9.59 Å². The van der Waals surface area contributed by atoms with E-state index in [9.17, 15) is 9.59 Å². The summed E-state index contributed by atoms with van der Waals surface area (Å²) in [5.74, 6) is 0.357. The van der Waals surface area contributed by atoms with Gasteiger partial charge in [-0.25, -0.2) is 0 Å². The number of carbonyl (C=O) groups excluding carboxylic acids is 2. The number of amides is 1. The molecule has 1 aromatic rings. The first-order chi connectivity index (χ1) is 10.1. The summed E-state index contributed by atoms with van der Waals surface area (Å²) >= 11 is 0. The zero-order valence-corrected chi connectivity index (χ0v) is 12.5. The molecule has 0 aliphatic carbocycles. The second-order valence-electron chi connectivity index (χ2n) is 5.23. The summed E-state index contributed by atoms with van der Waals surface area (Å²) in [7, 11) is 2.99. The lowest BCUT2D eigenvalue weighted by molar-refractivity contribution is -0.148. The molecule has 5 nitrogen and oxygen atoms in total. The SMILES string of the molecule is COC(=O)C1CCCN(C(=O)Cc2cccc(OC)c2)C1. The summed E-state index contributed by atoms with van der Waals surface area (Å²) in [4.78, 5) is 25.7. The zero-order chi connectivity index (χ0) is 15.2. The first kappa shape index (κ1) is 15.4. The number of hydrogen-bond donors (Lipinski definition) is 0. The molecule has 21 heavy (non-hydrogen) atoms. The molecule has 1 amide bonds. The molecule has 1 aromatic carbocycles. The highest BCUT2D eigenvalue weighted by Gasteiger charge is 2.28. The smallest absolute Gasteiger partial charge is 0.310 e. The lowest BCUT2D eigenvalue weighted by Crippen LogP contribution is -2.43. The van der Waals surface area contributed by atoms with Crippen molar-refractivity contribution in [2.24, 2.45) is 5.92 Å². The summed E-state index contributed by atoms with van der Waals surface area (Å²) in [6, 6.07) is 7.48. The van der Waals surface area contributed by atoms with Gasteiger partial charge in [-0.15, -0.1) is 0 Å². The third-order valence-corrected chi connectivity index (χ3v) is 3.80. The summed E-state index contributed by atoms with van der Waals surface area (Å²) < 4.78 is 9.93. The lowest BCUT2D eigenvalue weighted by Gasteiger charge is -2.31. The van der Waals surface area contributed by atoms with Crippen molar-refractivity contribution in [1.82, 2.24) is 4.90 Å². The molecule has 5 heteroatoms. The number of methoxy groups -OCH3 is 2. The van der Waals surface area contributed by atoms with Crippen LogP contribution < -0.4 is 4.74 Å². The third kappa shape index (κ3) is 3.97. The van der Waals surface area contributed by atoms with E-state index >= 15 is 0 Å². The highest BCUT2D eigenvalue weighted by atomic mass is 16.5. The van der Waals surface area contributed by atoms with E-state index < -0.39 is 0 Å². The Labute approximate surface area is 124 Å². The van der Waals surface area contributed by atoms with E-state index in [1.165, 1.54) is 7.11 Å². The number of nitrogens with zero attached hydrogens (tertiary/aromatic N) is 1. The number of hydrogen-bond acceptors (Lipinski definition) is 4. The van der Waals surface area contributed by atoms with Crippen molar-refractivity contribution in [2.45, 2.75) is 19.3 Å². The average molecular weight is 291 g/mol. The fourth-order valence-electron chi connectivity index (χ4n) is 2.63. The predicted molar refractivity (Wildman–Crippen MR) is 78.0 cm³/mol.